The summed E-state index contributed by atoms with van der Waals surface area (Å²) in [6, 6.07) is 3.66. The number of hydrogen-bond acceptors (Lipinski definition) is 1. The average molecular weight is 276 g/mol. The second-order valence-electron chi connectivity index (χ2n) is 4.28. The molecule has 0 amide bonds. The van der Waals surface area contributed by atoms with Crippen molar-refractivity contribution in [3.63, 3.8) is 0 Å². The molecule has 0 aliphatic carbocycles. The van der Waals surface area contributed by atoms with E-state index < -0.39 is 11.7 Å². The summed E-state index contributed by atoms with van der Waals surface area (Å²) in [4.78, 5) is 0. The van der Waals surface area contributed by atoms with Crippen LogP contribution in [0.4, 0.5) is 18.9 Å². The van der Waals surface area contributed by atoms with E-state index in [2.05, 4.69) is 10.6 Å². The van der Waals surface area contributed by atoms with Crippen molar-refractivity contribution in [2.75, 3.05) is 5.32 Å². The molecule has 1 rings (SSSR count). The number of halogens is 3. The number of thiocarbonyl (C=S) groups is 1. The van der Waals surface area contributed by atoms with Gasteiger partial charge in [0.2, 0.25) is 0 Å². The van der Waals surface area contributed by atoms with E-state index in [0.29, 0.717) is 16.4 Å². The largest absolute Gasteiger partial charge is 0.416 e. The van der Waals surface area contributed by atoms with Gasteiger partial charge in [-0.3, -0.25) is 0 Å². The Morgan fingerprint density at radius 1 is 1.28 bits per heavy atom. The summed E-state index contributed by atoms with van der Waals surface area (Å²) in [6.07, 6.45) is -4.35. The van der Waals surface area contributed by atoms with Gasteiger partial charge in [-0.1, -0.05) is 6.07 Å². The van der Waals surface area contributed by atoms with Gasteiger partial charge in [-0.15, -0.1) is 0 Å². The molecule has 0 bridgehead atoms. The first-order valence-electron chi connectivity index (χ1n) is 5.45. The number of aryl methyl sites for hydroxylation is 1. The lowest BCUT2D eigenvalue weighted by molar-refractivity contribution is -0.137. The molecular weight excluding hydrogens is 261 g/mol. The molecule has 0 aliphatic rings. The van der Waals surface area contributed by atoms with Crippen LogP contribution in [0.25, 0.3) is 0 Å². The first-order chi connectivity index (χ1) is 8.20. The molecule has 0 radical (unpaired) electrons. The molecule has 0 saturated carbocycles. The van der Waals surface area contributed by atoms with Gasteiger partial charge in [0.1, 0.15) is 0 Å². The second kappa shape index (κ2) is 5.56. The Kier molecular flexibility index (Phi) is 4.56. The normalized spacial score (nSPS) is 11.5. The molecule has 0 spiro atoms. The SMILES string of the molecule is Cc1ccc(C(F)(F)F)cc1NC(=S)NC(C)C. The molecule has 0 saturated heterocycles. The van der Waals surface area contributed by atoms with Crippen LogP contribution in [0, 0.1) is 6.92 Å². The molecule has 1 aromatic carbocycles. The van der Waals surface area contributed by atoms with Crippen LogP contribution in [0.3, 0.4) is 0 Å². The highest BCUT2D eigenvalue weighted by Crippen LogP contribution is 2.31. The van der Waals surface area contributed by atoms with Gasteiger partial charge in [-0.05, 0) is 50.7 Å². The van der Waals surface area contributed by atoms with Gasteiger partial charge in [-0.25, -0.2) is 0 Å². The predicted octanol–water partition coefficient (Wildman–Crippen LogP) is 3.71. The summed E-state index contributed by atoms with van der Waals surface area (Å²) in [6.45, 7) is 5.51. The van der Waals surface area contributed by atoms with Crippen molar-refractivity contribution in [2.45, 2.75) is 33.0 Å². The minimum Gasteiger partial charge on any atom is -0.360 e. The smallest absolute Gasteiger partial charge is 0.360 e. The third kappa shape index (κ3) is 4.18. The topological polar surface area (TPSA) is 24.1 Å². The summed E-state index contributed by atoms with van der Waals surface area (Å²) in [5.74, 6) is 0. The molecule has 1 aromatic rings. The van der Waals surface area contributed by atoms with Crippen LogP contribution in [0.15, 0.2) is 18.2 Å². The number of nitrogens with one attached hydrogen (secondary N) is 2. The van der Waals surface area contributed by atoms with Gasteiger partial charge < -0.3 is 10.6 Å². The quantitative estimate of drug-likeness (QED) is 0.805. The van der Waals surface area contributed by atoms with Crippen molar-refractivity contribution in [1.29, 1.82) is 0 Å². The van der Waals surface area contributed by atoms with E-state index >= 15 is 0 Å². The van der Waals surface area contributed by atoms with Crippen molar-refractivity contribution in [3.05, 3.63) is 29.3 Å². The first kappa shape index (κ1) is 14.8. The van der Waals surface area contributed by atoms with Crippen molar-refractivity contribution in [2.24, 2.45) is 0 Å². The van der Waals surface area contributed by atoms with Crippen LogP contribution in [0.5, 0.6) is 0 Å². The molecule has 0 aromatic heterocycles. The van der Waals surface area contributed by atoms with E-state index in [9.17, 15) is 13.2 Å². The highest BCUT2D eigenvalue weighted by Gasteiger charge is 2.30. The molecule has 18 heavy (non-hydrogen) atoms. The number of hydrogen-bond donors (Lipinski definition) is 2. The molecule has 0 unspecified atom stereocenters. The molecule has 0 fully saturated rings. The molecule has 100 valence electrons. The maximum Gasteiger partial charge on any atom is 0.416 e. The highest BCUT2D eigenvalue weighted by molar-refractivity contribution is 7.80. The summed E-state index contributed by atoms with van der Waals surface area (Å²) < 4.78 is 37.7. The van der Waals surface area contributed by atoms with Crippen LogP contribution >= 0.6 is 12.2 Å². The van der Waals surface area contributed by atoms with E-state index in [1.54, 1.807) is 6.92 Å². The standard InChI is InChI=1S/C12H15F3N2S/c1-7(2)16-11(18)17-10-6-9(12(13,14)15)5-4-8(10)3/h4-7H,1-3H3,(H2,16,17,18). The monoisotopic (exact) mass is 276 g/mol. The van der Waals surface area contributed by atoms with Crippen LogP contribution in [-0.4, -0.2) is 11.2 Å². The number of rotatable bonds is 2. The van der Waals surface area contributed by atoms with Gasteiger partial charge in [-0.2, -0.15) is 13.2 Å². The fourth-order valence-electron chi connectivity index (χ4n) is 1.35. The van der Waals surface area contributed by atoms with Gasteiger partial charge in [0.25, 0.3) is 0 Å². The fourth-order valence-corrected chi connectivity index (χ4v) is 1.70. The molecule has 0 atom stereocenters. The average Bonchev–Trinajstić information content (AvgIpc) is 2.18. The van der Waals surface area contributed by atoms with Crippen molar-refractivity contribution in [1.82, 2.24) is 5.32 Å². The Bertz CT molecular complexity index is 441. The Morgan fingerprint density at radius 3 is 2.39 bits per heavy atom. The van der Waals surface area contributed by atoms with Crippen LogP contribution in [0.2, 0.25) is 0 Å². The van der Waals surface area contributed by atoms with E-state index in [4.69, 9.17) is 12.2 Å². The number of alkyl halides is 3. The molecule has 2 nitrogen and oxygen atoms in total. The maximum absolute atomic E-state index is 12.6. The maximum atomic E-state index is 12.6. The minimum atomic E-state index is -4.35. The van der Waals surface area contributed by atoms with E-state index in [0.717, 1.165) is 12.1 Å². The lowest BCUT2D eigenvalue weighted by atomic mass is 10.1. The van der Waals surface area contributed by atoms with Gasteiger partial charge in [0.05, 0.1) is 5.56 Å². The summed E-state index contributed by atoms with van der Waals surface area (Å²) in [5.41, 5.74) is 0.377. The molecular formula is C12H15F3N2S. The Balaban J connectivity index is 2.92. The zero-order chi connectivity index (χ0) is 13.9. The van der Waals surface area contributed by atoms with Gasteiger partial charge in [0, 0.05) is 11.7 Å². The van der Waals surface area contributed by atoms with Gasteiger partial charge in [0.15, 0.2) is 5.11 Å². The summed E-state index contributed by atoms with van der Waals surface area (Å²) in [7, 11) is 0. The van der Waals surface area contributed by atoms with Crippen molar-refractivity contribution < 1.29 is 13.2 Å². The van der Waals surface area contributed by atoms with Crippen LogP contribution in [0.1, 0.15) is 25.0 Å². The second-order valence-corrected chi connectivity index (χ2v) is 4.69. The van der Waals surface area contributed by atoms with E-state index in [1.165, 1.54) is 6.07 Å². The molecule has 2 N–H and O–H groups in total. The lowest BCUT2D eigenvalue weighted by Crippen LogP contribution is -2.34. The molecule has 0 aliphatic heterocycles. The predicted molar refractivity (Wildman–Crippen MR) is 70.7 cm³/mol. The Morgan fingerprint density at radius 2 is 1.89 bits per heavy atom. The summed E-state index contributed by atoms with van der Waals surface area (Å²) >= 11 is 5.01. The van der Waals surface area contributed by atoms with Crippen molar-refractivity contribution in [3.8, 4) is 0 Å². The van der Waals surface area contributed by atoms with Crippen LogP contribution < -0.4 is 10.6 Å². The van der Waals surface area contributed by atoms with E-state index in [-0.39, 0.29) is 6.04 Å². The highest BCUT2D eigenvalue weighted by atomic mass is 32.1. The van der Waals surface area contributed by atoms with Crippen LogP contribution in [-0.2, 0) is 6.18 Å². The van der Waals surface area contributed by atoms with Gasteiger partial charge >= 0.3 is 6.18 Å². The number of benzene rings is 1. The Hall–Kier alpha value is -1.30. The minimum absolute atomic E-state index is 0.121. The fraction of sp³-hybridized carbons (Fsp3) is 0.417. The first-order valence-corrected chi connectivity index (χ1v) is 5.86. The summed E-state index contributed by atoms with van der Waals surface area (Å²) in [5, 5.41) is 6.00. The molecule has 0 heterocycles. The number of anilines is 1. The zero-order valence-electron chi connectivity index (χ0n) is 10.4. The van der Waals surface area contributed by atoms with E-state index in [1.807, 2.05) is 13.8 Å². The van der Waals surface area contributed by atoms with Crippen molar-refractivity contribution >= 4 is 23.0 Å². The third-order valence-corrected chi connectivity index (χ3v) is 2.45. The zero-order valence-corrected chi connectivity index (χ0v) is 11.2. The Labute approximate surface area is 110 Å². The third-order valence-electron chi connectivity index (χ3n) is 2.23. The lowest BCUT2D eigenvalue weighted by Gasteiger charge is -2.16. The molecule has 6 heteroatoms.